The zero-order valence-electron chi connectivity index (χ0n) is 12.5. The number of carbonyl (C=O) groups excluding carboxylic acids is 1. The molecule has 1 aromatic carbocycles. The Morgan fingerprint density at radius 2 is 2.00 bits per heavy atom. The molecule has 116 valence electrons. The van der Waals surface area contributed by atoms with Crippen LogP contribution in [0.4, 0.5) is 0 Å². The van der Waals surface area contributed by atoms with Crippen molar-refractivity contribution in [3.05, 3.63) is 54.0 Å². The van der Waals surface area contributed by atoms with Gasteiger partial charge < -0.3 is 14.5 Å². The van der Waals surface area contributed by atoms with E-state index in [-0.39, 0.29) is 17.1 Å². The molecule has 0 radical (unpaired) electrons. The maximum absolute atomic E-state index is 12.0. The highest BCUT2D eigenvalue weighted by molar-refractivity contribution is 7.80. The Bertz CT molecular complexity index is 621. The lowest BCUT2D eigenvalue weighted by Crippen LogP contribution is -2.38. The van der Waals surface area contributed by atoms with Crippen LogP contribution in [-0.2, 0) is 6.54 Å². The maximum atomic E-state index is 12.0. The van der Waals surface area contributed by atoms with Gasteiger partial charge in [-0.15, -0.1) is 0 Å². The summed E-state index contributed by atoms with van der Waals surface area (Å²) < 4.78 is 10.7. The average Bonchev–Trinajstić information content (AvgIpc) is 2.98. The minimum absolute atomic E-state index is 0.0954. The Hall–Kier alpha value is -2.34. The number of hydrogen-bond acceptors (Lipinski definition) is 4. The van der Waals surface area contributed by atoms with Crippen LogP contribution in [0, 0.1) is 0 Å². The molecule has 0 saturated heterocycles. The first-order chi connectivity index (χ1) is 10.5. The molecule has 2 N–H and O–H groups in total. The van der Waals surface area contributed by atoms with Crippen molar-refractivity contribution in [2.75, 3.05) is 0 Å². The zero-order chi connectivity index (χ0) is 15.9. The van der Waals surface area contributed by atoms with Gasteiger partial charge in [0.1, 0.15) is 11.5 Å². The van der Waals surface area contributed by atoms with E-state index in [2.05, 4.69) is 10.6 Å². The van der Waals surface area contributed by atoms with Gasteiger partial charge in [-0.1, -0.05) is 0 Å². The molecule has 6 heteroatoms. The minimum atomic E-state index is -0.270. The van der Waals surface area contributed by atoms with Crippen molar-refractivity contribution < 1.29 is 13.9 Å². The number of ether oxygens (including phenoxy) is 1. The third-order valence-electron chi connectivity index (χ3n) is 2.72. The van der Waals surface area contributed by atoms with E-state index in [1.807, 2.05) is 19.9 Å². The molecule has 5 nitrogen and oxygen atoms in total. The third kappa shape index (κ3) is 4.89. The molecule has 0 atom stereocenters. The largest absolute Gasteiger partial charge is 0.491 e. The molecule has 1 aromatic heterocycles. The highest BCUT2D eigenvalue weighted by atomic mass is 32.1. The maximum Gasteiger partial charge on any atom is 0.257 e. The van der Waals surface area contributed by atoms with E-state index in [0.717, 1.165) is 11.5 Å². The summed E-state index contributed by atoms with van der Waals surface area (Å²) in [4.78, 5) is 12.0. The number of rotatable bonds is 5. The molecule has 0 aliphatic heterocycles. The molecular formula is C16H18N2O3S. The van der Waals surface area contributed by atoms with Crippen molar-refractivity contribution in [2.45, 2.75) is 26.5 Å². The van der Waals surface area contributed by atoms with E-state index in [4.69, 9.17) is 21.4 Å². The number of carbonyl (C=O) groups is 1. The van der Waals surface area contributed by atoms with Crippen molar-refractivity contribution in [3.8, 4) is 5.75 Å². The van der Waals surface area contributed by atoms with E-state index < -0.39 is 0 Å². The molecule has 0 spiro atoms. The van der Waals surface area contributed by atoms with Crippen molar-refractivity contribution >= 4 is 23.2 Å². The van der Waals surface area contributed by atoms with E-state index in [0.29, 0.717) is 12.1 Å². The number of benzene rings is 1. The average molecular weight is 318 g/mol. The van der Waals surface area contributed by atoms with Gasteiger partial charge in [-0.05, 0) is 62.5 Å². The summed E-state index contributed by atoms with van der Waals surface area (Å²) in [5.41, 5.74) is 0.512. The molecule has 0 fully saturated rings. The Kier molecular flexibility index (Phi) is 5.55. The summed E-state index contributed by atoms with van der Waals surface area (Å²) in [7, 11) is 0. The summed E-state index contributed by atoms with van der Waals surface area (Å²) in [5.74, 6) is 1.20. The van der Waals surface area contributed by atoms with E-state index in [9.17, 15) is 4.79 Å². The van der Waals surface area contributed by atoms with Crippen molar-refractivity contribution in [3.63, 3.8) is 0 Å². The van der Waals surface area contributed by atoms with Crippen molar-refractivity contribution in [1.29, 1.82) is 0 Å². The molecule has 0 aliphatic rings. The second kappa shape index (κ2) is 7.61. The highest BCUT2D eigenvalue weighted by Crippen LogP contribution is 2.13. The van der Waals surface area contributed by atoms with Crippen LogP contribution in [0.15, 0.2) is 47.1 Å². The standard InChI is InChI=1S/C16H18N2O3S/c1-11(2)21-13-7-5-12(6-8-13)15(19)18-16(22)17-10-14-4-3-9-20-14/h3-9,11H,10H2,1-2H3,(H2,17,18,19,22). The van der Waals surface area contributed by atoms with Crippen LogP contribution in [0.3, 0.4) is 0 Å². The van der Waals surface area contributed by atoms with Crippen molar-refractivity contribution in [2.24, 2.45) is 0 Å². The number of hydrogen-bond donors (Lipinski definition) is 2. The van der Waals surface area contributed by atoms with Gasteiger partial charge in [-0.2, -0.15) is 0 Å². The van der Waals surface area contributed by atoms with Gasteiger partial charge >= 0.3 is 0 Å². The van der Waals surface area contributed by atoms with Gasteiger partial charge in [0.2, 0.25) is 0 Å². The molecular weight excluding hydrogens is 300 g/mol. The fourth-order valence-corrected chi connectivity index (χ4v) is 1.92. The summed E-state index contributed by atoms with van der Waals surface area (Å²) in [5, 5.41) is 5.78. The molecule has 2 aromatic rings. The van der Waals surface area contributed by atoms with E-state index in [1.165, 1.54) is 0 Å². The fraction of sp³-hybridized carbons (Fsp3) is 0.250. The van der Waals surface area contributed by atoms with Crippen LogP contribution in [0.5, 0.6) is 5.75 Å². The molecule has 0 unspecified atom stereocenters. The number of amides is 1. The smallest absolute Gasteiger partial charge is 0.257 e. The summed E-state index contributed by atoms with van der Waals surface area (Å²) in [6.45, 7) is 4.32. The highest BCUT2D eigenvalue weighted by Gasteiger charge is 2.08. The molecule has 0 bridgehead atoms. The van der Waals surface area contributed by atoms with Crippen LogP contribution in [-0.4, -0.2) is 17.1 Å². The monoisotopic (exact) mass is 318 g/mol. The quantitative estimate of drug-likeness (QED) is 0.830. The van der Waals surface area contributed by atoms with Crippen LogP contribution < -0.4 is 15.4 Å². The van der Waals surface area contributed by atoms with Crippen LogP contribution >= 0.6 is 12.2 Å². The second-order valence-corrected chi connectivity index (χ2v) is 5.32. The minimum Gasteiger partial charge on any atom is -0.491 e. The lowest BCUT2D eigenvalue weighted by Gasteiger charge is -2.11. The predicted molar refractivity (Wildman–Crippen MR) is 87.8 cm³/mol. The first-order valence-electron chi connectivity index (χ1n) is 6.93. The van der Waals surface area contributed by atoms with Crippen molar-refractivity contribution in [1.82, 2.24) is 10.6 Å². The van der Waals surface area contributed by atoms with Crippen LogP contribution in [0.25, 0.3) is 0 Å². The molecule has 0 saturated carbocycles. The Morgan fingerprint density at radius 3 is 2.59 bits per heavy atom. The molecule has 2 rings (SSSR count). The number of furan rings is 1. The van der Waals surface area contributed by atoms with Gasteiger partial charge in [0.15, 0.2) is 5.11 Å². The third-order valence-corrected chi connectivity index (χ3v) is 2.97. The predicted octanol–water partition coefficient (Wildman–Crippen LogP) is 2.87. The van der Waals surface area contributed by atoms with E-state index >= 15 is 0 Å². The normalized spacial score (nSPS) is 10.3. The summed E-state index contributed by atoms with van der Waals surface area (Å²) in [6.07, 6.45) is 1.68. The molecule has 1 heterocycles. The van der Waals surface area contributed by atoms with Gasteiger partial charge in [-0.25, -0.2) is 0 Å². The molecule has 0 aliphatic carbocycles. The fourth-order valence-electron chi connectivity index (χ4n) is 1.76. The Morgan fingerprint density at radius 1 is 1.27 bits per heavy atom. The topological polar surface area (TPSA) is 63.5 Å². The zero-order valence-corrected chi connectivity index (χ0v) is 13.3. The second-order valence-electron chi connectivity index (χ2n) is 4.91. The summed E-state index contributed by atoms with van der Waals surface area (Å²) in [6, 6.07) is 10.5. The van der Waals surface area contributed by atoms with Crippen LogP contribution in [0.2, 0.25) is 0 Å². The van der Waals surface area contributed by atoms with E-state index in [1.54, 1.807) is 36.6 Å². The van der Waals surface area contributed by atoms with Gasteiger partial charge in [0, 0.05) is 5.56 Å². The lowest BCUT2D eigenvalue weighted by atomic mass is 10.2. The lowest BCUT2D eigenvalue weighted by molar-refractivity contribution is 0.0976. The SMILES string of the molecule is CC(C)Oc1ccc(C(=O)NC(=S)NCc2ccco2)cc1. The number of nitrogens with one attached hydrogen (secondary N) is 2. The molecule has 22 heavy (non-hydrogen) atoms. The van der Waals surface area contributed by atoms with Gasteiger partial charge in [0.25, 0.3) is 5.91 Å². The van der Waals surface area contributed by atoms with Crippen LogP contribution in [0.1, 0.15) is 30.0 Å². The Balaban J connectivity index is 1.84. The first-order valence-corrected chi connectivity index (χ1v) is 7.33. The number of thiocarbonyl (C=S) groups is 1. The van der Waals surface area contributed by atoms with Gasteiger partial charge in [-0.3, -0.25) is 10.1 Å². The van der Waals surface area contributed by atoms with Gasteiger partial charge in [0.05, 0.1) is 18.9 Å². The first kappa shape index (κ1) is 16.0. The Labute approximate surface area is 134 Å². The molecule has 1 amide bonds. The summed E-state index contributed by atoms with van der Waals surface area (Å²) >= 11 is 5.08.